The van der Waals surface area contributed by atoms with Crippen molar-refractivity contribution >= 4 is 11.8 Å². The van der Waals surface area contributed by atoms with Crippen molar-refractivity contribution in [2.24, 2.45) is 0 Å². The zero-order valence-electron chi connectivity index (χ0n) is 15.2. The Morgan fingerprint density at radius 3 is 1.92 bits per heavy atom. The average Bonchev–Trinajstić information content (AvgIpc) is 2.51. The van der Waals surface area contributed by atoms with E-state index < -0.39 is 30.3 Å². The minimum atomic E-state index is -4.69. The summed E-state index contributed by atoms with van der Waals surface area (Å²) in [6, 6.07) is 0. The Hall–Kier alpha value is -1.85. The van der Waals surface area contributed by atoms with Crippen LogP contribution in [0.25, 0.3) is 0 Å². The lowest BCUT2D eigenvalue weighted by molar-refractivity contribution is -0.173. The van der Waals surface area contributed by atoms with E-state index >= 15 is 0 Å². The van der Waals surface area contributed by atoms with Crippen LogP contribution in [0, 0.1) is 0 Å². The van der Waals surface area contributed by atoms with E-state index in [1.807, 2.05) is 20.8 Å². The maximum Gasteiger partial charge on any atom is 0.402 e. The van der Waals surface area contributed by atoms with E-state index in [1.165, 1.54) is 17.2 Å². The monoisotopic (exact) mass is 360 g/mol. The van der Waals surface area contributed by atoms with E-state index in [-0.39, 0.29) is 0 Å². The largest absolute Gasteiger partial charge is 0.476 e. The Labute approximate surface area is 147 Å². The summed E-state index contributed by atoms with van der Waals surface area (Å²) < 4.78 is 39.4. The molecule has 3 nitrogen and oxygen atoms in total. The SMILES string of the molecule is CC(C)=CCCC(C)=CCCC(C)=CCC(F)C(=O)C(F)(F)C(=O)O. The van der Waals surface area contributed by atoms with Gasteiger partial charge in [-0.2, -0.15) is 8.78 Å². The van der Waals surface area contributed by atoms with Gasteiger partial charge in [-0.3, -0.25) is 4.79 Å². The Morgan fingerprint density at radius 1 is 0.960 bits per heavy atom. The number of alkyl halides is 3. The molecule has 0 fully saturated rings. The van der Waals surface area contributed by atoms with Gasteiger partial charge < -0.3 is 5.11 Å². The van der Waals surface area contributed by atoms with E-state index in [2.05, 4.69) is 12.2 Å². The van der Waals surface area contributed by atoms with Gasteiger partial charge in [0.25, 0.3) is 0 Å². The Kier molecular flexibility index (Phi) is 10.1. The third-order valence-electron chi connectivity index (χ3n) is 3.66. The van der Waals surface area contributed by atoms with Crippen LogP contribution in [0.15, 0.2) is 34.9 Å². The molecule has 0 rings (SSSR count). The average molecular weight is 360 g/mol. The molecule has 25 heavy (non-hydrogen) atoms. The lowest BCUT2D eigenvalue weighted by Crippen LogP contribution is -2.42. The van der Waals surface area contributed by atoms with Crippen molar-refractivity contribution in [1.29, 1.82) is 0 Å². The summed E-state index contributed by atoms with van der Waals surface area (Å²) in [5.74, 6) is -9.53. The van der Waals surface area contributed by atoms with Gasteiger partial charge in [0.2, 0.25) is 5.78 Å². The first-order chi connectivity index (χ1) is 11.5. The molecule has 6 heteroatoms. The van der Waals surface area contributed by atoms with Crippen molar-refractivity contribution in [3.8, 4) is 0 Å². The molecule has 1 N–H and O–H groups in total. The summed E-state index contributed by atoms with van der Waals surface area (Å²) in [5, 5.41) is 8.24. The number of carbonyl (C=O) groups excluding carboxylic acids is 1. The van der Waals surface area contributed by atoms with Gasteiger partial charge in [-0.1, -0.05) is 34.9 Å². The molecular formula is C19H27F3O3. The molecule has 0 aliphatic heterocycles. The number of halogens is 3. The molecule has 1 unspecified atom stereocenters. The van der Waals surface area contributed by atoms with E-state index in [9.17, 15) is 22.8 Å². The zero-order chi connectivity index (χ0) is 19.6. The normalized spacial score (nSPS) is 14.2. The molecule has 0 aromatic carbocycles. The summed E-state index contributed by atoms with van der Waals surface area (Å²) >= 11 is 0. The number of aliphatic carboxylic acids is 1. The summed E-state index contributed by atoms with van der Waals surface area (Å²) in [7, 11) is 0. The van der Waals surface area contributed by atoms with Crippen molar-refractivity contribution in [1.82, 2.24) is 0 Å². The van der Waals surface area contributed by atoms with Crippen molar-refractivity contribution in [2.75, 3.05) is 0 Å². The van der Waals surface area contributed by atoms with E-state index in [4.69, 9.17) is 5.11 Å². The third-order valence-corrected chi connectivity index (χ3v) is 3.66. The lowest BCUT2D eigenvalue weighted by Gasteiger charge is -2.12. The molecular weight excluding hydrogens is 333 g/mol. The Bertz CT molecular complexity index is 556. The highest BCUT2D eigenvalue weighted by Crippen LogP contribution is 2.21. The molecule has 0 aliphatic rings. The van der Waals surface area contributed by atoms with Crippen molar-refractivity contribution in [2.45, 2.75) is 71.9 Å². The van der Waals surface area contributed by atoms with Crippen molar-refractivity contribution < 1.29 is 27.9 Å². The highest BCUT2D eigenvalue weighted by atomic mass is 19.3. The van der Waals surface area contributed by atoms with Crippen LogP contribution in [0.2, 0.25) is 0 Å². The molecule has 0 saturated heterocycles. The lowest BCUT2D eigenvalue weighted by atomic mass is 10.0. The highest BCUT2D eigenvalue weighted by molar-refractivity contribution is 6.06. The van der Waals surface area contributed by atoms with Crippen LogP contribution in [-0.2, 0) is 9.59 Å². The number of carboxylic acids is 1. The molecule has 1 atom stereocenters. The first kappa shape index (κ1) is 23.1. The zero-order valence-corrected chi connectivity index (χ0v) is 15.2. The van der Waals surface area contributed by atoms with Gasteiger partial charge in [-0.15, -0.1) is 0 Å². The summed E-state index contributed by atoms with van der Waals surface area (Å²) in [6.07, 6.45) is 5.82. The van der Waals surface area contributed by atoms with Gasteiger partial charge >= 0.3 is 11.9 Å². The number of hydrogen-bond donors (Lipinski definition) is 1. The summed E-state index contributed by atoms with van der Waals surface area (Å²) in [4.78, 5) is 21.4. The molecule has 0 saturated carbocycles. The van der Waals surface area contributed by atoms with E-state index in [0.717, 1.165) is 24.8 Å². The van der Waals surface area contributed by atoms with Crippen LogP contribution in [-0.4, -0.2) is 29.0 Å². The van der Waals surface area contributed by atoms with Crippen LogP contribution >= 0.6 is 0 Å². The smallest absolute Gasteiger partial charge is 0.402 e. The Morgan fingerprint density at radius 2 is 1.44 bits per heavy atom. The van der Waals surface area contributed by atoms with Crippen LogP contribution in [0.5, 0.6) is 0 Å². The molecule has 142 valence electrons. The van der Waals surface area contributed by atoms with Crippen molar-refractivity contribution in [3.05, 3.63) is 34.9 Å². The summed E-state index contributed by atoms with van der Waals surface area (Å²) in [6.45, 7) is 7.84. The minimum absolute atomic E-state index is 0.545. The van der Waals surface area contributed by atoms with Gasteiger partial charge in [-0.05, 0) is 53.4 Å². The molecule has 0 aromatic rings. The predicted octanol–water partition coefficient (Wildman–Crippen LogP) is 5.42. The topological polar surface area (TPSA) is 54.4 Å². The first-order valence-corrected chi connectivity index (χ1v) is 8.22. The first-order valence-electron chi connectivity index (χ1n) is 8.22. The molecule has 0 amide bonds. The van der Waals surface area contributed by atoms with Gasteiger partial charge in [0.15, 0.2) is 6.17 Å². The minimum Gasteiger partial charge on any atom is -0.476 e. The number of rotatable bonds is 11. The van der Waals surface area contributed by atoms with Crippen LogP contribution in [0.3, 0.4) is 0 Å². The maximum atomic E-state index is 13.5. The molecule has 0 spiro atoms. The molecule has 0 aliphatic carbocycles. The number of hydrogen-bond acceptors (Lipinski definition) is 2. The molecule has 0 bridgehead atoms. The molecule has 0 radical (unpaired) electrons. The van der Waals surface area contributed by atoms with Gasteiger partial charge in [-0.25, -0.2) is 9.18 Å². The van der Waals surface area contributed by atoms with Gasteiger partial charge in [0.05, 0.1) is 0 Å². The maximum absolute atomic E-state index is 13.5. The fraction of sp³-hybridized carbons (Fsp3) is 0.579. The van der Waals surface area contributed by atoms with Gasteiger partial charge in [0, 0.05) is 6.42 Å². The number of Topliss-reactive ketones (excluding diaryl/α,β-unsaturated/α-hetero) is 1. The second kappa shape index (κ2) is 10.9. The van der Waals surface area contributed by atoms with Gasteiger partial charge in [0.1, 0.15) is 0 Å². The standard InChI is InChI=1S/C19H27F3O3/c1-13(2)7-5-8-14(3)9-6-10-15(4)11-12-16(20)17(23)19(21,22)18(24)25/h7,9,11,16H,5-6,8,10,12H2,1-4H3,(H,24,25). The summed E-state index contributed by atoms with van der Waals surface area (Å²) in [5.41, 5.74) is 3.28. The fourth-order valence-electron chi connectivity index (χ4n) is 2.05. The molecule has 0 heterocycles. The van der Waals surface area contributed by atoms with E-state index in [1.54, 1.807) is 6.92 Å². The van der Waals surface area contributed by atoms with Crippen LogP contribution < -0.4 is 0 Å². The highest BCUT2D eigenvalue weighted by Gasteiger charge is 2.50. The quantitative estimate of drug-likeness (QED) is 0.395. The van der Waals surface area contributed by atoms with E-state index in [0.29, 0.717) is 6.42 Å². The second-order valence-corrected chi connectivity index (χ2v) is 6.41. The van der Waals surface area contributed by atoms with Crippen molar-refractivity contribution in [3.63, 3.8) is 0 Å². The third kappa shape index (κ3) is 9.27. The fourth-order valence-corrected chi connectivity index (χ4v) is 2.05. The number of carboxylic acid groups (broad SMARTS) is 1. The Balaban J connectivity index is 4.40. The predicted molar refractivity (Wildman–Crippen MR) is 92.5 cm³/mol. The number of ketones is 1. The van der Waals surface area contributed by atoms with Crippen LogP contribution in [0.1, 0.15) is 59.8 Å². The molecule has 0 aromatic heterocycles. The number of carbonyl (C=O) groups is 2. The number of allylic oxidation sites excluding steroid dienone is 6. The van der Waals surface area contributed by atoms with Crippen LogP contribution in [0.4, 0.5) is 13.2 Å². The second-order valence-electron chi connectivity index (χ2n) is 6.41.